The van der Waals surface area contributed by atoms with Crippen LogP contribution in [0.15, 0.2) is 48.5 Å². The number of amides is 1. The predicted octanol–water partition coefficient (Wildman–Crippen LogP) is 3.07. The van der Waals surface area contributed by atoms with Crippen molar-refractivity contribution in [2.75, 3.05) is 19.6 Å². The molecule has 2 aromatic rings. The zero-order valence-corrected chi connectivity index (χ0v) is 15.1. The van der Waals surface area contributed by atoms with Crippen molar-refractivity contribution in [2.24, 2.45) is 11.7 Å². The Balaban J connectivity index is 0.00000225. The van der Waals surface area contributed by atoms with Gasteiger partial charge in [-0.1, -0.05) is 48.0 Å². The Morgan fingerprint density at radius 2 is 1.72 bits per heavy atom. The number of carbonyl (C=O) groups excluding carboxylic acids is 2. The Labute approximate surface area is 154 Å². The first-order valence-corrected chi connectivity index (χ1v) is 8.30. The standard InChI is InChI=1S/C20H22N2O2.ClH/c1-14-6-8-16(9-7-14)19(23)17-4-2-3-5-18(17)20(24)22-11-10-15(12-21)13-22;/h2-9,15H,10-13,21H2,1H3;1H. The van der Waals surface area contributed by atoms with Crippen LogP contribution in [-0.2, 0) is 0 Å². The molecule has 0 saturated carbocycles. The molecule has 4 nitrogen and oxygen atoms in total. The fourth-order valence-electron chi connectivity index (χ4n) is 3.11. The van der Waals surface area contributed by atoms with Crippen LogP contribution in [0.2, 0.25) is 0 Å². The number of aryl methyl sites for hydroxylation is 1. The van der Waals surface area contributed by atoms with Gasteiger partial charge in [0, 0.05) is 24.2 Å². The van der Waals surface area contributed by atoms with Crippen molar-refractivity contribution in [2.45, 2.75) is 13.3 Å². The first-order chi connectivity index (χ1) is 11.6. The first-order valence-electron chi connectivity index (χ1n) is 8.30. The van der Waals surface area contributed by atoms with E-state index in [1.54, 1.807) is 41.3 Å². The highest BCUT2D eigenvalue weighted by Gasteiger charge is 2.28. The minimum Gasteiger partial charge on any atom is -0.338 e. The van der Waals surface area contributed by atoms with Gasteiger partial charge in [0.15, 0.2) is 5.78 Å². The number of carbonyl (C=O) groups is 2. The highest BCUT2D eigenvalue weighted by atomic mass is 35.5. The van der Waals surface area contributed by atoms with Gasteiger partial charge in [-0.15, -0.1) is 12.4 Å². The number of halogens is 1. The maximum atomic E-state index is 12.9. The van der Waals surface area contributed by atoms with Crippen molar-refractivity contribution in [3.63, 3.8) is 0 Å². The lowest BCUT2D eigenvalue weighted by Crippen LogP contribution is -2.31. The molecule has 3 rings (SSSR count). The molecule has 2 N–H and O–H groups in total. The summed E-state index contributed by atoms with van der Waals surface area (Å²) in [7, 11) is 0. The Bertz CT molecular complexity index is 759. The lowest BCUT2D eigenvalue weighted by Gasteiger charge is -2.18. The van der Waals surface area contributed by atoms with Crippen molar-refractivity contribution in [1.29, 1.82) is 0 Å². The topological polar surface area (TPSA) is 63.4 Å². The molecule has 132 valence electrons. The van der Waals surface area contributed by atoms with Crippen LogP contribution in [0.3, 0.4) is 0 Å². The quantitative estimate of drug-likeness (QED) is 0.854. The molecule has 1 atom stereocenters. The monoisotopic (exact) mass is 358 g/mol. The molecule has 0 spiro atoms. The van der Waals surface area contributed by atoms with Gasteiger partial charge in [0.2, 0.25) is 0 Å². The summed E-state index contributed by atoms with van der Waals surface area (Å²) in [5, 5.41) is 0. The normalized spacial score (nSPS) is 16.4. The fourth-order valence-corrected chi connectivity index (χ4v) is 3.11. The van der Waals surface area contributed by atoms with Crippen LogP contribution in [0.5, 0.6) is 0 Å². The summed E-state index contributed by atoms with van der Waals surface area (Å²) in [6, 6.07) is 14.5. The maximum Gasteiger partial charge on any atom is 0.254 e. The number of likely N-dealkylation sites (tertiary alicyclic amines) is 1. The molecule has 1 saturated heterocycles. The molecule has 1 heterocycles. The van der Waals surface area contributed by atoms with Crippen LogP contribution >= 0.6 is 12.4 Å². The summed E-state index contributed by atoms with van der Waals surface area (Å²) >= 11 is 0. The highest BCUT2D eigenvalue weighted by molar-refractivity contribution is 6.15. The summed E-state index contributed by atoms with van der Waals surface area (Å²) in [4.78, 5) is 27.5. The number of hydrogen-bond donors (Lipinski definition) is 1. The van der Waals surface area contributed by atoms with Gasteiger partial charge in [0.25, 0.3) is 5.91 Å². The predicted molar refractivity (Wildman–Crippen MR) is 101 cm³/mol. The Hall–Kier alpha value is -2.17. The third-order valence-electron chi connectivity index (χ3n) is 4.62. The maximum absolute atomic E-state index is 12.9. The molecule has 25 heavy (non-hydrogen) atoms. The molecule has 2 aromatic carbocycles. The Morgan fingerprint density at radius 3 is 2.32 bits per heavy atom. The van der Waals surface area contributed by atoms with Crippen LogP contribution < -0.4 is 5.73 Å². The van der Waals surface area contributed by atoms with Crippen molar-refractivity contribution in [3.05, 3.63) is 70.8 Å². The van der Waals surface area contributed by atoms with Crippen molar-refractivity contribution in [1.82, 2.24) is 4.90 Å². The van der Waals surface area contributed by atoms with E-state index in [2.05, 4.69) is 0 Å². The van der Waals surface area contributed by atoms with Crippen molar-refractivity contribution >= 4 is 24.1 Å². The number of rotatable bonds is 4. The average Bonchev–Trinajstić information content (AvgIpc) is 3.10. The zero-order chi connectivity index (χ0) is 17.1. The van der Waals surface area contributed by atoms with Crippen LogP contribution in [0.1, 0.15) is 38.3 Å². The van der Waals surface area contributed by atoms with E-state index in [-0.39, 0.29) is 24.1 Å². The van der Waals surface area contributed by atoms with E-state index >= 15 is 0 Å². The molecule has 0 aliphatic carbocycles. The molecule has 1 aliphatic heterocycles. The van der Waals surface area contributed by atoms with Gasteiger partial charge in [-0.2, -0.15) is 0 Å². The molecule has 1 amide bonds. The fraction of sp³-hybridized carbons (Fsp3) is 0.300. The van der Waals surface area contributed by atoms with Gasteiger partial charge in [-0.05, 0) is 31.9 Å². The van der Waals surface area contributed by atoms with Gasteiger partial charge < -0.3 is 10.6 Å². The van der Waals surface area contributed by atoms with E-state index < -0.39 is 0 Å². The van der Waals surface area contributed by atoms with E-state index in [0.29, 0.717) is 42.2 Å². The van der Waals surface area contributed by atoms with Crippen LogP contribution in [0.4, 0.5) is 0 Å². The van der Waals surface area contributed by atoms with Gasteiger partial charge in [-0.3, -0.25) is 9.59 Å². The van der Waals surface area contributed by atoms with Crippen molar-refractivity contribution < 1.29 is 9.59 Å². The minimum atomic E-state index is -0.117. The lowest BCUT2D eigenvalue weighted by molar-refractivity contribution is 0.0783. The summed E-state index contributed by atoms with van der Waals surface area (Å²) in [6.45, 7) is 3.94. The molecule has 0 bridgehead atoms. The SMILES string of the molecule is Cc1ccc(C(=O)c2ccccc2C(=O)N2CCC(CN)C2)cc1.Cl. The summed E-state index contributed by atoms with van der Waals surface area (Å²) < 4.78 is 0. The third kappa shape index (κ3) is 4.09. The number of nitrogens with two attached hydrogens (primary N) is 1. The largest absolute Gasteiger partial charge is 0.338 e. The van der Waals surface area contributed by atoms with Gasteiger partial charge in [0.1, 0.15) is 0 Å². The number of benzene rings is 2. The molecule has 0 aromatic heterocycles. The Morgan fingerprint density at radius 1 is 1.08 bits per heavy atom. The van der Waals surface area contributed by atoms with E-state index in [0.717, 1.165) is 12.0 Å². The lowest BCUT2D eigenvalue weighted by atomic mass is 9.97. The smallest absolute Gasteiger partial charge is 0.254 e. The van der Waals surface area contributed by atoms with Crippen LogP contribution in [0.25, 0.3) is 0 Å². The van der Waals surface area contributed by atoms with Crippen LogP contribution in [-0.4, -0.2) is 36.2 Å². The van der Waals surface area contributed by atoms with Crippen molar-refractivity contribution in [3.8, 4) is 0 Å². The van der Waals surface area contributed by atoms with Crippen LogP contribution in [0, 0.1) is 12.8 Å². The van der Waals surface area contributed by atoms with Gasteiger partial charge in [-0.25, -0.2) is 0 Å². The number of nitrogens with zero attached hydrogens (tertiary/aromatic N) is 1. The second-order valence-electron chi connectivity index (χ2n) is 6.38. The molecule has 1 aliphatic rings. The second kappa shape index (κ2) is 8.28. The average molecular weight is 359 g/mol. The Kier molecular flexibility index (Phi) is 6.34. The summed E-state index contributed by atoms with van der Waals surface area (Å²) in [6.07, 6.45) is 0.927. The molecule has 5 heteroatoms. The molecular weight excluding hydrogens is 336 g/mol. The van der Waals surface area contributed by atoms with E-state index in [9.17, 15) is 9.59 Å². The van der Waals surface area contributed by atoms with E-state index in [1.807, 2.05) is 19.1 Å². The first kappa shape index (κ1) is 19.2. The van der Waals surface area contributed by atoms with E-state index in [1.165, 1.54) is 0 Å². The summed E-state index contributed by atoms with van der Waals surface area (Å²) in [5.41, 5.74) is 8.34. The second-order valence-corrected chi connectivity index (χ2v) is 6.38. The van der Waals surface area contributed by atoms with Gasteiger partial charge >= 0.3 is 0 Å². The van der Waals surface area contributed by atoms with Gasteiger partial charge in [0.05, 0.1) is 5.56 Å². The minimum absolute atomic E-state index is 0. The van der Waals surface area contributed by atoms with E-state index in [4.69, 9.17) is 5.73 Å². The molecule has 0 radical (unpaired) electrons. The molecule has 1 unspecified atom stereocenters. The molecular formula is C20H23ClN2O2. The highest BCUT2D eigenvalue weighted by Crippen LogP contribution is 2.21. The number of hydrogen-bond acceptors (Lipinski definition) is 3. The molecule has 1 fully saturated rings. The zero-order valence-electron chi connectivity index (χ0n) is 14.3. The number of ketones is 1. The summed E-state index contributed by atoms with van der Waals surface area (Å²) in [5.74, 6) is 0.157. The third-order valence-corrected chi connectivity index (χ3v) is 4.62.